The lowest BCUT2D eigenvalue weighted by atomic mass is 9.97. The number of amides is 1. The van der Waals surface area contributed by atoms with Gasteiger partial charge in [-0.25, -0.2) is 9.48 Å². The summed E-state index contributed by atoms with van der Waals surface area (Å²) in [5, 5.41) is 13.6. The van der Waals surface area contributed by atoms with E-state index >= 15 is 4.39 Å². The molecule has 0 saturated carbocycles. The highest BCUT2D eigenvalue weighted by molar-refractivity contribution is 8.09. The molecule has 2 aliphatic heterocycles. The molecule has 6 atom stereocenters. The number of para-hydroxylation sites is 1. The number of rotatable bonds is 10. The van der Waals surface area contributed by atoms with Crippen molar-refractivity contribution in [3.63, 3.8) is 0 Å². The van der Waals surface area contributed by atoms with Crippen LogP contribution in [0.25, 0.3) is 0 Å². The number of hydrogen-bond acceptors (Lipinski definition) is 9. The number of nitrogens with zero attached hydrogens (tertiary/aromatic N) is 1. The summed E-state index contributed by atoms with van der Waals surface area (Å²) in [4.78, 5) is 37.4. The van der Waals surface area contributed by atoms with Crippen LogP contribution >= 0.6 is 6.64 Å². The van der Waals surface area contributed by atoms with E-state index in [2.05, 4.69) is 5.09 Å². The molecule has 0 bridgehead atoms. The summed E-state index contributed by atoms with van der Waals surface area (Å²) in [5.41, 5.74) is -2.62. The third-order valence-corrected chi connectivity index (χ3v) is 8.23. The first-order chi connectivity index (χ1) is 17.6. The van der Waals surface area contributed by atoms with E-state index in [1.165, 1.54) is 0 Å². The van der Waals surface area contributed by atoms with E-state index in [9.17, 15) is 19.5 Å². The highest BCUT2D eigenvalue weighted by atomic mass is 32.5. The summed E-state index contributed by atoms with van der Waals surface area (Å²) >= 11 is 5.66. The van der Waals surface area contributed by atoms with Crippen LogP contribution in [-0.2, 0) is 40.2 Å². The van der Waals surface area contributed by atoms with Crippen molar-refractivity contribution < 1.29 is 42.4 Å². The van der Waals surface area contributed by atoms with E-state index < -0.39 is 67.5 Å². The maximum atomic E-state index is 15.6. The predicted molar refractivity (Wildman–Crippen MR) is 140 cm³/mol. The summed E-state index contributed by atoms with van der Waals surface area (Å²) in [6.07, 6.45) is -2.56. The molecule has 2 aliphatic rings. The van der Waals surface area contributed by atoms with Gasteiger partial charge >= 0.3 is 12.6 Å². The fraction of sp³-hybridized carbons (Fsp3) is 0.560. The Morgan fingerprint density at radius 1 is 1.34 bits per heavy atom. The van der Waals surface area contributed by atoms with Gasteiger partial charge in [-0.1, -0.05) is 39.0 Å². The third-order valence-electron chi connectivity index (χ3n) is 5.73. The molecular formula is C25H34FN2O8PS. The molecule has 10 nitrogen and oxygen atoms in total. The predicted octanol–water partition coefficient (Wildman–Crippen LogP) is 3.00. The lowest BCUT2D eigenvalue weighted by Gasteiger charge is -2.32. The molecule has 1 amide bonds. The van der Waals surface area contributed by atoms with Gasteiger partial charge in [-0.05, 0) is 49.3 Å². The lowest BCUT2D eigenvalue weighted by molar-refractivity contribution is -0.150. The van der Waals surface area contributed by atoms with Crippen LogP contribution in [0.4, 0.5) is 4.39 Å². The molecule has 3 rings (SSSR count). The molecule has 38 heavy (non-hydrogen) atoms. The van der Waals surface area contributed by atoms with Gasteiger partial charge in [-0.2, -0.15) is 0 Å². The van der Waals surface area contributed by atoms with Crippen LogP contribution in [0.3, 0.4) is 0 Å². The number of hydrogen-bond donors (Lipinski definition) is 2. The fourth-order valence-electron chi connectivity index (χ4n) is 3.69. The molecule has 2 heterocycles. The zero-order valence-electron chi connectivity index (χ0n) is 22.0. The topological polar surface area (TPSA) is 124 Å². The Labute approximate surface area is 226 Å². The van der Waals surface area contributed by atoms with Gasteiger partial charge in [0.05, 0.1) is 19.6 Å². The minimum absolute atomic E-state index is 0.189. The number of benzene rings is 1. The maximum absolute atomic E-state index is 15.6. The van der Waals surface area contributed by atoms with E-state index in [1.54, 1.807) is 37.3 Å². The number of allylic oxidation sites excluding steroid dienone is 1. The Kier molecular flexibility index (Phi) is 9.49. The van der Waals surface area contributed by atoms with Crippen molar-refractivity contribution in [2.45, 2.75) is 71.2 Å². The first kappa shape index (κ1) is 30.3. The third kappa shape index (κ3) is 7.68. The summed E-state index contributed by atoms with van der Waals surface area (Å²) < 4.78 is 38.4. The number of esters is 1. The van der Waals surface area contributed by atoms with Gasteiger partial charge in [-0.15, -0.1) is 0 Å². The largest absolute Gasteiger partial charge is 0.464 e. The Morgan fingerprint density at radius 2 is 2.00 bits per heavy atom. The number of ketones is 1. The Morgan fingerprint density at radius 3 is 2.61 bits per heavy atom. The average molecular weight is 573 g/mol. The van der Waals surface area contributed by atoms with Crippen LogP contribution in [0.15, 0.2) is 42.6 Å². The lowest BCUT2D eigenvalue weighted by Crippen LogP contribution is -2.51. The van der Waals surface area contributed by atoms with Crippen molar-refractivity contribution in [1.29, 1.82) is 0 Å². The van der Waals surface area contributed by atoms with Crippen LogP contribution in [0.5, 0.6) is 5.75 Å². The van der Waals surface area contributed by atoms with Crippen LogP contribution < -0.4 is 9.61 Å². The Bertz CT molecular complexity index is 1110. The number of aliphatic hydroxyl groups is 1. The standard InChI is InChI=1S/C25H34FN2O8PS/c1-16(22(32)33-15-24(2,3)4)27-37(38,36-18-9-7-6-8-10-18)34-14-19-21(31)25(5,26)23(35-19)28-12-11-17(29)13-20(28)30/h6-12,16,19,21,23,31H,13-15H2,1-5H3,(H,27,38)/t16-,19+,21+,23+,25+,37?/m0/s1. The van der Waals surface area contributed by atoms with Gasteiger partial charge in [0.1, 0.15) is 24.0 Å². The van der Waals surface area contributed by atoms with Crippen LogP contribution in [0.2, 0.25) is 0 Å². The molecular weight excluding hydrogens is 538 g/mol. The van der Waals surface area contributed by atoms with Crippen molar-refractivity contribution in [3.05, 3.63) is 42.6 Å². The molecule has 1 unspecified atom stereocenters. The average Bonchev–Trinajstić information content (AvgIpc) is 3.04. The number of carbonyl (C=O) groups excluding carboxylic acids is 3. The van der Waals surface area contributed by atoms with Gasteiger partial charge in [-0.3, -0.25) is 19.3 Å². The normalized spacial score (nSPS) is 28.2. The van der Waals surface area contributed by atoms with E-state index in [-0.39, 0.29) is 12.0 Å². The molecule has 0 aliphatic carbocycles. The zero-order valence-corrected chi connectivity index (χ0v) is 23.7. The molecule has 1 aromatic carbocycles. The van der Waals surface area contributed by atoms with E-state index in [0.717, 1.165) is 24.1 Å². The second-order valence-corrected chi connectivity index (χ2v) is 13.7. The molecule has 1 aromatic rings. The highest BCUT2D eigenvalue weighted by Crippen LogP contribution is 2.47. The molecule has 210 valence electrons. The minimum atomic E-state index is -3.48. The SMILES string of the molecule is C[C@H](NP(=S)(OC[C@H]1O[C@@H](N2C=CC(=O)CC2=O)[C@](C)(F)[C@@H]1O)Oc1ccccc1)C(=O)OCC(C)(C)C. The highest BCUT2D eigenvalue weighted by Gasteiger charge is 2.57. The summed E-state index contributed by atoms with van der Waals surface area (Å²) in [7, 11) is 0. The van der Waals surface area contributed by atoms with Crippen molar-refractivity contribution in [3.8, 4) is 5.75 Å². The van der Waals surface area contributed by atoms with E-state index in [0.29, 0.717) is 5.75 Å². The van der Waals surface area contributed by atoms with Crippen molar-refractivity contribution >= 4 is 36.1 Å². The molecule has 13 heteroatoms. The van der Waals surface area contributed by atoms with E-state index in [1.807, 2.05) is 20.8 Å². The zero-order chi connectivity index (χ0) is 28.3. The van der Waals surface area contributed by atoms with E-state index in [4.69, 9.17) is 30.3 Å². The smallest absolute Gasteiger partial charge is 0.323 e. The van der Waals surface area contributed by atoms with Crippen LogP contribution in [0, 0.1) is 5.41 Å². The Hall–Kier alpha value is -2.21. The molecule has 2 N–H and O–H groups in total. The summed E-state index contributed by atoms with van der Waals surface area (Å²) in [6.45, 7) is 4.72. The van der Waals surface area contributed by atoms with Gasteiger partial charge in [0.25, 0.3) is 0 Å². The number of halogens is 1. The van der Waals surface area contributed by atoms with Crippen molar-refractivity contribution in [2.24, 2.45) is 5.41 Å². The maximum Gasteiger partial charge on any atom is 0.323 e. The van der Waals surface area contributed by atoms with Crippen LogP contribution in [-0.4, -0.2) is 71.0 Å². The summed E-state index contributed by atoms with van der Waals surface area (Å²) in [6, 6.07) is 7.64. The number of carbonyl (C=O) groups is 3. The number of alkyl halides is 1. The minimum Gasteiger partial charge on any atom is -0.464 e. The Balaban J connectivity index is 1.74. The van der Waals surface area contributed by atoms with Gasteiger partial charge in [0, 0.05) is 6.20 Å². The van der Waals surface area contributed by atoms with Crippen LogP contribution in [0.1, 0.15) is 41.0 Å². The number of ether oxygens (including phenoxy) is 2. The monoisotopic (exact) mass is 572 g/mol. The number of nitrogens with one attached hydrogen (secondary N) is 1. The van der Waals surface area contributed by atoms with Crippen molar-refractivity contribution in [1.82, 2.24) is 9.99 Å². The van der Waals surface area contributed by atoms with Gasteiger partial charge in [0.15, 0.2) is 17.7 Å². The fourth-order valence-corrected chi connectivity index (χ4v) is 6.11. The quantitative estimate of drug-likeness (QED) is 0.246. The molecule has 0 radical (unpaired) electrons. The molecule has 1 fully saturated rings. The van der Waals surface area contributed by atoms with Gasteiger partial charge < -0.3 is 23.6 Å². The first-order valence-corrected chi connectivity index (χ1v) is 14.7. The number of aliphatic hydroxyl groups excluding tert-OH is 1. The second kappa shape index (κ2) is 11.9. The molecule has 0 aromatic heterocycles. The summed E-state index contributed by atoms with van der Waals surface area (Å²) in [5.74, 6) is -1.26. The van der Waals surface area contributed by atoms with Gasteiger partial charge in [0.2, 0.25) is 5.91 Å². The second-order valence-electron chi connectivity index (χ2n) is 10.6. The first-order valence-electron chi connectivity index (χ1n) is 12.1. The molecule has 0 spiro atoms. The van der Waals surface area contributed by atoms with Crippen molar-refractivity contribution in [2.75, 3.05) is 13.2 Å². The molecule has 1 saturated heterocycles.